The fourth-order valence-corrected chi connectivity index (χ4v) is 2.49. The molecule has 9 heteroatoms. The van der Waals surface area contributed by atoms with E-state index in [1.807, 2.05) is 0 Å². The van der Waals surface area contributed by atoms with Crippen LogP contribution < -0.4 is 0 Å². The number of aromatic nitrogens is 4. The number of nitrogens with zero attached hydrogens (tertiary/aromatic N) is 5. The van der Waals surface area contributed by atoms with Gasteiger partial charge in [-0.3, -0.25) is 4.79 Å². The SMILES string of the molecule is Cc1noc(COCC(=O)N2CCCC2c2noc(C)n2)n1. The smallest absolute Gasteiger partial charge is 0.252 e. The summed E-state index contributed by atoms with van der Waals surface area (Å²) >= 11 is 0. The molecule has 1 unspecified atom stereocenters. The molecular weight excluding hydrogens is 290 g/mol. The molecule has 1 fully saturated rings. The molecule has 1 saturated heterocycles. The number of hydrogen-bond donors (Lipinski definition) is 0. The number of aryl methyl sites for hydroxylation is 2. The van der Waals surface area contributed by atoms with Gasteiger partial charge in [-0.1, -0.05) is 10.3 Å². The molecule has 1 amide bonds. The van der Waals surface area contributed by atoms with Gasteiger partial charge in [0.1, 0.15) is 13.2 Å². The van der Waals surface area contributed by atoms with Gasteiger partial charge in [-0.05, 0) is 19.8 Å². The van der Waals surface area contributed by atoms with Crippen molar-refractivity contribution in [2.45, 2.75) is 39.3 Å². The Hall–Kier alpha value is -2.29. The average molecular weight is 307 g/mol. The molecule has 1 aliphatic heterocycles. The number of amides is 1. The van der Waals surface area contributed by atoms with Crippen LogP contribution >= 0.6 is 0 Å². The summed E-state index contributed by atoms with van der Waals surface area (Å²) in [5.41, 5.74) is 0. The number of carbonyl (C=O) groups excluding carboxylic acids is 1. The molecule has 118 valence electrons. The first-order valence-electron chi connectivity index (χ1n) is 7.10. The molecule has 0 aromatic carbocycles. The van der Waals surface area contributed by atoms with E-state index in [0.717, 1.165) is 12.8 Å². The first kappa shape index (κ1) is 14.6. The summed E-state index contributed by atoms with van der Waals surface area (Å²) in [4.78, 5) is 22.2. The third-order valence-electron chi connectivity index (χ3n) is 3.44. The normalized spacial score (nSPS) is 18.1. The van der Waals surface area contributed by atoms with Crippen molar-refractivity contribution in [1.29, 1.82) is 0 Å². The van der Waals surface area contributed by atoms with Crippen LogP contribution in [-0.4, -0.2) is 44.2 Å². The molecule has 0 aliphatic carbocycles. The minimum atomic E-state index is -0.140. The van der Waals surface area contributed by atoms with Gasteiger partial charge in [0, 0.05) is 13.5 Å². The van der Waals surface area contributed by atoms with E-state index < -0.39 is 0 Å². The van der Waals surface area contributed by atoms with Crippen LogP contribution in [0.1, 0.15) is 42.3 Å². The summed E-state index contributed by atoms with van der Waals surface area (Å²) in [5.74, 6) is 1.84. The van der Waals surface area contributed by atoms with Crippen molar-refractivity contribution in [1.82, 2.24) is 25.2 Å². The second-order valence-electron chi connectivity index (χ2n) is 5.14. The second kappa shape index (κ2) is 6.22. The predicted octanol–water partition coefficient (Wildman–Crippen LogP) is 0.950. The van der Waals surface area contributed by atoms with Gasteiger partial charge >= 0.3 is 0 Å². The summed E-state index contributed by atoms with van der Waals surface area (Å²) in [7, 11) is 0. The van der Waals surface area contributed by atoms with Crippen molar-refractivity contribution >= 4 is 5.91 Å². The lowest BCUT2D eigenvalue weighted by molar-refractivity contribution is -0.137. The van der Waals surface area contributed by atoms with Gasteiger partial charge < -0.3 is 18.7 Å². The van der Waals surface area contributed by atoms with Gasteiger partial charge in [-0.2, -0.15) is 9.97 Å². The van der Waals surface area contributed by atoms with E-state index >= 15 is 0 Å². The molecule has 0 radical (unpaired) electrons. The van der Waals surface area contributed by atoms with E-state index in [9.17, 15) is 4.79 Å². The Bertz CT molecular complexity index is 652. The van der Waals surface area contributed by atoms with E-state index in [1.165, 1.54) is 0 Å². The van der Waals surface area contributed by atoms with E-state index in [4.69, 9.17) is 13.8 Å². The van der Waals surface area contributed by atoms with E-state index in [0.29, 0.717) is 30.0 Å². The van der Waals surface area contributed by atoms with Crippen molar-refractivity contribution < 1.29 is 18.6 Å². The molecular formula is C13H17N5O4. The topological polar surface area (TPSA) is 107 Å². The summed E-state index contributed by atoms with van der Waals surface area (Å²) in [6.45, 7) is 4.19. The Labute approximate surface area is 126 Å². The van der Waals surface area contributed by atoms with E-state index in [-0.39, 0.29) is 25.2 Å². The minimum absolute atomic E-state index is 0.0469. The number of carbonyl (C=O) groups is 1. The van der Waals surface area contributed by atoms with Gasteiger partial charge in [0.25, 0.3) is 5.89 Å². The molecule has 2 aromatic rings. The summed E-state index contributed by atoms with van der Waals surface area (Å²) in [6.07, 6.45) is 1.74. The average Bonchev–Trinajstić information content (AvgIpc) is 3.19. The highest BCUT2D eigenvalue weighted by Gasteiger charge is 2.33. The minimum Gasteiger partial charge on any atom is -0.362 e. The van der Waals surface area contributed by atoms with Crippen LogP contribution in [0.25, 0.3) is 0 Å². The predicted molar refractivity (Wildman–Crippen MR) is 71.4 cm³/mol. The number of likely N-dealkylation sites (tertiary alicyclic amines) is 1. The molecule has 1 atom stereocenters. The Kier molecular flexibility index (Phi) is 4.14. The third kappa shape index (κ3) is 3.14. The molecule has 9 nitrogen and oxygen atoms in total. The van der Waals surface area contributed by atoms with Gasteiger partial charge in [0.2, 0.25) is 11.8 Å². The zero-order valence-corrected chi connectivity index (χ0v) is 12.5. The van der Waals surface area contributed by atoms with Crippen molar-refractivity contribution in [3.8, 4) is 0 Å². The summed E-state index contributed by atoms with van der Waals surface area (Å²) in [6, 6.07) is -0.140. The number of hydrogen-bond acceptors (Lipinski definition) is 8. The molecule has 0 bridgehead atoms. The number of rotatable bonds is 5. The monoisotopic (exact) mass is 307 g/mol. The van der Waals surface area contributed by atoms with Crippen LogP contribution in [0.15, 0.2) is 9.05 Å². The molecule has 0 N–H and O–H groups in total. The number of ether oxygens (including phenoxy) is 1. The van der Waals surface area contributed by atoms with Crippen molar-refractivity contribution in [3.05, 3.63) is 23.4 Å². The van der Waals surface area contributed by atoms with Crippen molar-refractivity contribution in [3.63, 3.8) is 0 Å². The quantitative estimate of drug-likeness (QED) is 0.803. The first-order valence-corrected chi connectivity index (χ1v) is 7.10. The van der Waals surface area contributed by atoms with Gasteiger partial charge in [0.15, 0.2) is 11.6 Å². The maximum Gasteiger partial charge on any atom is 0.252 e. The van der Waals surface area contributed by atoms with Crippen LogP contribution in [0, 0.1) is 13.8 Å². The summed E-state index contributed by atoms with van der Waals surface area (Å²) < 4.78 is 15.3. The second-order valence-corrected chi connectivity index (χ2v) is 5.14. The third-order valence-corrected chi connectivity index (χ3v) is 3.44. The molecule has 0 spiro atoms. The lowest BCUT2D eigenvalue weighted by Crippen LogP contribution is -2.34. The van der Waals surface area contributed by atoms with E-state index in [1.54, 1.807) is 18.7 Å². The van der Waals surface area contributed by atoms with Crippen LogP contribution in [-0.2, 0) is 16.1 Å². The lowest BCUT2D eigenvalue weighted by atomic mass is 10.2. The largest absolute Gasteiger partial charge is 0.362 e. The van der Waals surface area contributed by atoms with Crippen LogP contribution in [0.2, 0.25) is 0 Å². The maximum absolute atomic E-state index is 12.3. The van der Waals surface area contributed by atoms with E-state index in [2.05, 4.69) is 20.3 Å². The summed E-state index contributed by atoms with van der Waals surface area (Å²) in [5, 5.41) is 7.56. The van der Waals surface area contributed by atoms with Crippen LogP contribution in [0.5, 0.6) is 0 Å². The van der Waals surface area contributed by atoms with Gasteiger partial charge in [0.05, 0.1) is 6.04 Å². The highest BCUT2D eigenvalue weighted by Crippen LogP contribution is 2.30. The fourth-order valence-electron chi connectivity index (χ4n) is 2.49. The van der Waals surface area contributed by atoms with Gasteiger partial charge in [-0.25, -0.2) is 0 Å². The van der Waals surface area contributed by atoms with Crippen LogP contribution in [0.3, 0.4) is 0 Å². The molecule has 3 rings (SSSR count). The zero-order valence-electron chi connectivity index (χ0n) is 12.5. The van der Waals surface area contributed by atoms with Gasteiger partial charge in [-0.15, -0.1) is 0 Å². The Morgan fingerprint density at radius 2 is 2.18 bits per heavy atom. The maximum atomic E-state index is 12.3. The Morgan fingerprint density at radius 3 is 2.86 bits per heavy atom. The van der Waals surface area contributed by atoms with Crippen LogP contribution in [0.4, 0.5) is 0 Å². The highest BCUT2D eigenvalue weighted by molar-refractivity contribution is 5.78. The van der Waals surface area contributed by atoms with Crippen molar-refractivity contribution in [2.75, 3.05) is 13.2 Å². The fraction of sp³-hybridized carbons (Fsp3) is 0.615. The molecule has 22 heavy (non-hydrogen) atoms. The lowest BCUT2D eigenvalue weighted by Gasteiger charge is -2.21. The highest BCUT2D eigenvalue weighted by atomic mass is 16.5. The molecule has 2 aromatic heterocycles. The molecule has 0 saturated carbocycles. The zero-order chi connectivity index (χ0) is 15.5. The van der Waals surface area contributed by atoms with Crippen molar-refractivity contribution in [2.24, 2.45) is 0 Å². The Balaban J connectivity index is 1.54. The molecule has 1 aliphatic rings. The Morgan fingerprint density at radius 1 is 1.32 bits per heavy atom. The first-order chi connectivity index (χ1) is 10.6. The molecule has 3 heterocycles. The standard InChI is InChI=1S/C13H17N5O4/c1-8-14-11(22-16-8)6-20-7-12(19)18-5-3-4-10(18)13-15-9(2)21-17-13/h10H,3-7H2,1-2H3.